The molecule has 0 spiro atoms. The molecule has 1 aromatic carbocycles. The van der Waals surface area contributed by atoms with Crippen LogP contribution in [0.3, 0.4) is 0 Å². The van der Waals surface area contributed by atoms with Crippen molar-refractivity contribution in [2.24, 2.45) is 0 Å². The van der Waals surface area contributed by atoms with Crippen LogP contribution in [0.2, 0.25) is 0 Å². The Kier molecular flexibility index (Phi) is 3.78. The highest BCUT2D eigenvalue weighted by atomic mass is 79.9. The normalized spacial score (nSPS) is 19.8. The average Bonchev–Trinajstić information content (AvgIpc) is 2.60. The lowest BCUT2D eigenvalue weighted by molar-refractivity contribution is 0.0123. The molecule has 0 radical (unpaired) electrons. The van der Waals surface area contributed by atoms with Crippen LogP contribution in [0.25, 0.3) is 0 Å². The van der Waals surface area contributed by atoms with E-state index in [2.05, 4.69) is 15.9 Å². The molecule has 1 saturated heterocycles. The molecule has 0 atom stereocenters. The van der Waals surface area contributed by atoms with Crippen molar-refractivity contribution in [3.05, 3.63) is 34.1 Å². The lowest BCUT2D eigenvalue weighted by Gasteiger charge is -2.15. The van der Waals surface area contributed by atoms with Gasteiger partial charge in [0.05, 0.1) is 11.0 Å². The predicted octanol–water partition coefficient (Wildman–Crippen LogP) is 3.47. The van der Waals surface area contributed by atoms with E-state index in [9.17, 15) is 13.2 Å². The van der Waals surface area contributed by atoms with Gasteiger partial charge in [-0.1, -0.05) is 6.07 Å². The summed E-state index contributed by atoms with van der Waals surface area (Å²) >= 11 is 3.11. The van der Waals surface area contributed by atoms with E-state index < -0.39 is 5.92 Å². The predicted molar refractivity (Wildman–Crippen MR) is 63.8 cm³/mol. The third kappa shape index (κ3) is 3.45. The Balaban J connectivity index is 1.88. The van der Waals surface area contributed by atoms with Crippen molar-refractivity contribution >= 4 is 15.9 Å². The molecule has 1 fully saturated rings. The smallest absolute Gasteiger partial charge is 0.261 e. The van der Waals surface area contributed by atoms with Gasteiger partial charge < -0.3 is 0 Å². The molecule has 1 heterocycles. The van der Waals surface area contributed by atoms with Crippen LogP contribution in [-0.2, 0) is 6.42 Å². The molecule has 1 aliphatic heterocycles. The van der Waals surface area contributed by atoms with Gasteiger partial charge in [-0.2, -0.15) is 0 Å². The van der Waals surface area contributed by atoms with Gasteiger partial charge in [-0.05, 0) is 40.0 Å². The number of benzene rings is 1. The second-order valence-corrected chi connectivity index (χ2v) is 5.23. The number of halogens is 4. The minimum atomic E-state index is -2.54. The topological polar surface area (TPSA) is 3.24 Å². The summed E-state index contributed by atoms with van der Waals surface area (Å²) in [5, 5.41) is 0. The molecule has 1 aromatic rings. The molecule has 0 bridgehead atoms. The van der Waals surface area contributed by atoms with Gasteiger partial charge in [0.1, 0.15) is 5.82 Å². The summed E-state index contributed by atoms with van der Waals surface area (Å²) in [4.78, 5) is 1.75. The molecular formula is C12H13BrF3N. The Labute approximate surface area is 107 Å². The van der Waals surface area contributed by atoms with Gasteiger partial charge in [0, 0.05) is 19.5 Å². The minimum Gasteiger partial charge on any atom is -0.297 e. The van der Waals surface area contributed by atoms with Crippen molar-refractivity contribution in [2.45, 2.75) is 18.8 Å². The second-order valence-electron chi connectivity index (χ2n) is 4.38. The van der Waals surface area contributed by atoms with Gasteiger partial charge in [-0.25, -0.2) is 13.2 Å². The fourth-order valence-electron chi connectivity index (χ4n) is 1.98. The van der Waals surface area contributed by atoms with E-state index in [-0.39, 0.29) is 18.8 Å². The maximum Gasteiger partial charge on any atom is 0.261 e. The molecule has 1 nitrogen and oxygen atoms in total. The number of alkyl halides is 2. The Morgan fingerprint density at radius 1 is 1.35 bits per heavy atom. The molecule has 0 aromatic heterocycles. The van der Waals surface area contributed by atoms with Crippen molar-refractivity contribution in [3.8, 4) is 0 Å². The summed E-state index contributed by atoms with van der Waals surface area (Å²) < 4.78 is 39.3. The van der Waals surface area contributed by atoms with Crippen LogP contribution >= 0.6 is 15.9 Å². The summed E-state index contributed by atoms with van der Waals surface area (Å²) in [6.07, 6.45) is 0.606. The zero-order valence-electron chi connectivity index (χ0n) is 9.23. The van der Waals surface area contributed by atoms with Gasteiger partial charge in [0.2, 0.25) is 0 Å². The van der Waals surface area contributed by atoms with Crippen molar-refractivity contribution in [1.82, 2.24) is 4.90 Å². The molecule has 0 N–H and O–H groups in total. The zero-order chi connectivity index (χ0) is 12.5. The number of hydrogen-bond acceptors (Lipinski definition) is 1. The first kappa shape index (κ1) is 12.9. The van der Waals surface area contributed by atoms with Crippen LogP contribution in [0.5, 0.6) is 0 Å². The maximum atomic E-state index is 13.0. The molecule has 0 unspecified atom stereocenters. The fraction of sp³-hybridized carbons (Fsp3) is 0.500. The van der Waals surface area contributed by atoms with E-state index in [1.165, 1.54) is 6.07 Å². The lowest BCUT2D eigenvalue weighted by Crippen LogP contribution is -2.27. The standard InChI is InChI=1S/C12H13BrF3N/c13-10-7-9(1-2-11(10)14)3-5-17-6-4-12(15,16)8-17/h1-2,7H,3-6,8H2. The Morgan fingerprint density at radius 2 is 2.12 bits per heavy atom. The van der Waals surface area contributed by atoms with Gasteiger partial charge >= 0.3 is 0 Å². The number of rotatable bonds is 3. The highest BCUT2D eigenvalue weighted by molar-refractivity contribution is 9.10. The van der Waals surface area contributed by atoms with Gasteiger partial charge in [0.25, 0.3) is 5.92 Å². The Morgan fingerprint density at radius 3 is 2.71 bits per heavy atom. The van der Waals surface area contributed by atoms with Crippen molar-refractivity contribution < 1.29 is 13.2 Å². The zero-order valence-corrected chi connectivity index (χ0v) is 10.8. The summed E-state index contributed by atoms with van der Waals surface area (Å²) in [5.41, 5.74) is 0.952. The van der Waals surface area contributed by atoms with Crippen LogP contribution in [0.15, 0.2) is 22.7 Å². The molecule has 0 aliphatic carbocycles. The first-order valence-corrected chi connectivity index (χ1v) is 6.30. The molecule has 5 heteroatoms. The maximum absolute atomic E-state index is 13.0. The van der Waals surface area contributed by atoms with Crippen LogP contribution in [0.4, 0.5) is 13.2 Å². The number of hydrogen-bond donors (Lipinski definition) is 0. The molecule has 2 rings (SSSR count). The summed E-state index contributed by atoms with van der Waals surface area (Å²) in [6.45, 7) is 0.873. The summed E-state index contributed by atoms with van der Waals surface area (Å²) in [7, 11) is 0. The van der Waals surface area contributed by atoms with Crippen LogP contribution in [0.1, 0.15) is 12.0 Å². The minimum absolute atomic E-state index is 0.0554. The Bertz CT molecular complexity index is 409. The molecule has 1 aliphatic rings. The molecule has 0 amide bonds. The number of likely N-dealkylation sites (tertiary alicyclic amines) is 1. The lowest BCUT2D eigenvalue weighted by atomic mass is 10.1. The molecule has 94 valence electrons. The van der Waals surface area contributed by atoms with E-state index in [1.54, 1.807) is 17.0 Å². The van der Waals surface area contributed by atoms with E-state index in [4.69, 9.17) is 0 Å². The van der Waals surface area contributed by atoms with E-state index in [1.807, 2.05) is 0 Å². The van der Waals surface area contributed by atoms with Crippen molar-refractivity contribution in [2.75, 3.05) is 19.6 Å². The Hall–Kier alpha value is -0.550. The first-order valence-electron chi connectivity index (χ1n) is 5.50. The largest absolute Gasteiger partial charge is 0.297 e. The highest BCUT2D eigenvalue weighted by Gasteiger charge is 2.37. The van der Waals surface area contributed by atoms with E-state index in [0.717, 1.165) is 5.56 Å². The summed E-state index contributed by atoms with van der Waals surface area (Å²) in [5.74, 6) is -2.84. The van der Waals surface area contributed by atoms with Crippen molar-refractivity contribution in [1.29, 1.82) is 0 Å². The molecule has 0 saturated carbocycles. The van der Waals surface area contributed by atoms with E-state index >= 15 is 0 Å². The van der Waals surface area contributed by atoms with Gasteiger partial charge in [0.15, 0.2) is 0 Å². The first-order chi connectivity index (χ1) is 7.96. The third-order valence-electron chi connectivity index (χ3n) is 2.95. The SMILES string of the molecule is Fc1ccc(CCN2CCC(F)(F)C2)cc1Br. The van der Waals surface area contributed by atoms with Crippen LogP contribution < -0.4 is 0 Å². The molecular weight excluding hydrogens is 295 g/mol. The van der Waals surface area contributed by atoms with Gasteiger partial charge in [-0.3, -0.25) is 4.90 Å². The molecule has 17 heavy (non-hydrogen) atoms. The van der Waals surface area contributed by atoms with Crippen LogP contribution in [-0.4, -0.2) is 30.5 Å². The number of nitrogens with zero attached hydrogens (tertiary/aromatic N) is 1. The van der Waals surface area contributed by atoms with Crippen LogP contribution in [0, 0.1) is 5.82 Å². The quantitative estimate of drug-likeness (QED) is 0.826. The second kappa shape index (κ2) is 4.98. The van der Waals surface area contributed by atoms with Gasteiger partial charge in [-0.15, -0.1) is 0 Å². The average molecular weight is 308 g/mol. The fourth-order valence-corrected chi connectivity index (χ4v) is 2.41. The van der Waals surface area contributed by atoms with Crippen molar-refractivity contribution in [3.63, 3.8) is 0 Å². The van der Waals surface area contributed by atoms with E-state index in [0.29, 0.717) is 24.0 Å². The third-order valence-corrected chi connectivity index (χ3v) is 3.56. The summed E-state index contributed by atoms with van der Waals surface area (Å²) in [6, 6.07) is 4.77. The highest BCUT2D eigenvalue weighted by Crippen LogP contribution is 2.26. The monoisotopic (exact) mass is 307 g/mol.